The lowest BCUT2D eigenvalue weighted by molar-refractivity contribution is -0.00740. The van der Waals surface area contributed by atoms with Crippen molar-refractivity contribution < 1.29 is 14.6 Å². The highest BCUT2D eigenvalue weighted by atomic mass is 16.5. The van der Waals surface area contributed by atoms with E-state index < -0.39 is 5.60 Å². The molecule has 112 valence electrons. The highest BCUT2D eigenvalue weighted by Gasteiger charge is 2.35. The van der Waals surface area contributed by atoms with E-state index in [0.717, 1.165) is 30.6 Å². The van der Waals surface area contributed by atoms with E-state index in [0.29, 0.717) is 25.4 Å². The van der Waals surface area contributed by atoms with E-state index in [-0.39, 0.29) is 6.04 Å². The molecule has 2 unspecified atom stereocenters. The highest BCUT2D eigenvalue weighted by molar-refractivity contribution is 5.45. The highest BCUT2D eigenvalue weighted by Crippen LogP contribution is 2.40. The molecule has 0 aliphatic heterocycles. The van der Waals surface area contributed by atoms with Crippen LogP contribution in [0.5, 0.6) is 11.5 Å². The van der Waals surface area contributed by atoms with E-state index in [4.69, 9.17) is 15.2 Å². The number of hydrogen-bond donors (Lipinski definition) is 2. The molecule has 0 heterocycles. The summed E-state index contributed by atoms with van der Waals surface area (Å²) in [6.07, 6.45) is 3.29. The first kappa shape index (κ1) is 15.1. The molecule has 0 saturated heterocycles. The van der Waals surface area contributed by atoms with Crippen molar-refractivity contribution in [2.24, 2.45) is 5.73 Å². The van der Waals surface area contributed by atoms with Gasteiger partial charge in [-0.25, -0.2) is 0 Å². The minimum atomic E-state index is -0.839. The van der Waals surface area contributed by atoms with Gasteiger partial charge in [0.15, 0.2) is 11.5 Å². The molecule has 4 heteroatoms. The minimum absolute atomic E-state index is 0.0656. The maximum Gasteiger partial charge on any atom is 0.161 e. The van der Waals surface area contributed by atoms with Crippen LogP contribution in [0, 0.1) is 0 Å². The molecule has 0 radical (unpaired) electrons. The van der Waals surface area contributed by atoms with Crippen molar-refractivity contribution in [1.29, 1.82) is 0 Å². The fourth-order valence-electron chi connectivity index (χ4n) is 2.90. The Kier molecular flexibility index (Phi) is 4.89. The monoisotopic (exact) mass is 279 g/mol. The quantitative estimate of drug-likeness (QED) is 0.869. The van der Waals surface area contributed by atoms with Gasteiger partial charge in [0.05, 0.1) is 18.8 Å². The zero-order chi connectivity index (χ0) is 14.6. The van der Waals surface area contributed by atoms with Gasteiger partial charge >= 0.3 is 0 Å². The third-order valence-corrected chi connectivity index (χ3v) is 3.85. The molecular formula is C16H25NO3. The Labute approximate surface area is 120 Å². The van der Waals surface area contributed by atoms with Gasteiger partial charge in [-0.2, -0.15) is 0 Å². The Morgan fingerprint density at radius 2 is 1.95 bits per heavy atom. The van der Waals surface area contributed by atoms with Gasteiger partial charge in [-0.15, -0.1) is 0 Å². The SMILES string of the molecule is CCOc1ccc(C2(O)CCCC(N)C2)cc1OCC. The van der Waals surface area contributed by atoms with Crippen LogP contribution in [0.1, 0.15) is 45.1 Å². The Bertz CT molecular complexity index is 449. The zero-order valence-corrected chi connectivity index (χ0v) is 12.4. The van der Waals surface area contributed by atoms with Crippen LogP contribution in [-0.2, 0) is 5.60 Å². The maximum atomic E-state index is 10.9. The molecule has 1 aromatic carbocycles. The Balaban J connectivity index is 2.29. The first-order chi connectivity index (χ1) is 9.59. The summed E-state index contributed by atoms with van der Waals surface area (Å²) in [7, 11) is 0. The predicted octanol–water partition coefficient (Wildman–Crippen LogP) is 2.57. The van der Waals surface area contributed by atoms with Gasteiger partial charge in [0.25, 0.3) is 0 Å². The second kappa shape index (κ2) is 6.46. The lowest BCUT2D eigenvalue weighted by Gasteiger charge is -2.36. The molecule has 0 spiro atoms. The van der Waals surface area contributed by atoms with Crippen LogP contribution >= 0.6 is 0 Å². The Morgan fingerprint density at radius 1 is 1.25 bits per heavy atom. The molecule has 2 rings (SSSR count). The topological polar surface area (TPSA) is 64.7 Å². The summed E-state index contributed by atoms with van der Waals surface area (Å²) in [5, 5.41) is 10.9. The van der Waals surface area contributed by atoms with Crippen LogP contribution in [0.4, 0.5) is 0 Å². The number of nitrogens with two attached hydrogens (primary N) is 1. The zero-order valence-electron chi connectivity index (χ0n) is 12.4. The molecule has 0 aromatic heterocycles. The predicted molar refractivity (Wildman–Crippen MR) is 79.1 cm³/mol. The molecule has 20 heavy (non-hydrogen) atoms. The maximum absolute atomic E-state index is 10.9. The molecule has 4 nitrogen and oxygen atoms in total. The van der Waals surface area contributed by atoms with Gasteiger partial charge in [-0.05, 0) is 57.2 Å². The Hall–Kier alpha value is -1.26. The number of hydrogen-bond acceptors (Lipinski definition) is 4. The van der Waals surface area contributed by atoms with Crippen LogP contribution in [-0.4, -0.2) is 24.4 Å². The molecule has 1 aliphatic rings. The standard InChI is InChI=1S/C16H25NO3/c1-3-19-14-8-7-12(10-15(14)20-4-2)16(18)9-5-6-13(17)11-16/h7-8,10,13,18H,3-6,9,11,17H2,1-2H3. The van der Waals surface area contributed by atoms with E-state index in [1.54, 1.807) is 0 Å². The van der Waals surface area contributed by atoms with E-state index >= 15 is 0 Å². The number of rotatable bonds is 5. The number of aliphatic hydroxyl groups is 1. The van der Waals surface area contributed by atoms with Crippen molar-refractivity contribution in [2.75, 3.05) is 13.2 Å². The van der Waals surface area contributed by atoms with Crippen LogP contribution in [0.25, 0.3) is 0 Å². The van der Waals surface area contributed by atoms with Crippen LogP contribution in [0.15, 0.2) is 18.2 Å². The number of ether oxygens (including phenoxy) is 2. The van der Waals surface area contributed by atoms with Gasteiger partial charge in [0.1, 0.15) is 0 Å². The second-order valence-corrected chi connectivity index (χ2v) is 5.42. The normalized spacial score (nSPS) is 26.3. The third-order valence-electron chi connectivity index (χ3n) is 3.85. The summed E-state index contributed by atoms with van der Waals surface area (Å²) in [5.41, 5.74) is 6.04. The van der Waals surface area contributed by atoms with E-state index in [1.165, 1.54) is 0 Å². The minimum Gasteiger partial charge on any atom is -0.490 e. The van der Waals surface area contributed by atoms with Crippen molar-refractivity contribution in [1.82, 2.24) is 0 Å². The van der Waals surface area contributed by atoms with Gasteiger partial charge in [0.2, 0.25) is 0 Å². The van der Waals surface area contributed by atoms with Gasteiger partial charge in [0, 0.05) is 6.04 Å². The molecule has 0 amide bonds. The molecule has 1 aromatic rings. The molecular weight excluding hydrogens is 254 g/mol. The summed E-state index contributed by atoms with van der Waals surface area (Å²) < 4.78 is 11.2. The van der Waals surface area contributed by atoms with E-state index in [2.05, 4.69) is 0 Å². The van der Waals surface area contributed by atoms with Gasteiger partial charge in [-0.3, -0.25) is 0 Å². The fraction of sp³-hybridized carbons (Fsp3) is 0.625. The molecule has 1 saturated carbocycles. The van der Waals surface area contributed by atoms with Crippen LogP contribution in [0.2, 0.25) is 0 Å². The van der Waals surface area contributed by atoms with Gasteiger partial charge in [-0.1, -0.05) is 6.07 Å². The van der Waals surface area contributed by atoms with Gasteiger partial charge < -0.3 is 20.3 Å². The summed E-state index contributed by atoms with van der Waals surface area (Å²) in [6.45, 7) is 5.04. The first-order valence-corrected chi connectivity index (χ1v) is 7.47. The summed E-state index contributed by atoms with van der Waals surface area (Å²) in [5.74, 6) is 1.42. The van der Waals surface area contributed by atoms with Crippen molar-refractivity contribution in [3.8, 4) is 11.5 Å². The van der Waals surface area contributed by atoms with Crippen molar-refractivity contribution >= 4 is 0 Å². The smallest absolute Gasteiger partial charge is 0.161 e. The first-order valence-electron chi connectivity index (χ1n) is 7.47. The van der Waals surface area contributed by atoms with Crippen LogP contribution in [0.3, 0.4) is 0 Å². The summed E-state index contributed by atoms with van der Waals surface area (Å²) in [6, 6.07) is 5.76. The lowest BCUT2D eigenvalue weighted by atomic mass is 9.77. The second-order valence-electron chi connectivity index (χ2n) is 5.42. The van der Waals surface area contributed by atoms with Crippen molar-refractivity contribution in [3.05, 3.63) is 23.8 Å². The lowest BCUT2D eigenvalue weighted by Crippen LogP contribution is -2.39. The summed E-state index contributed by atoms with van der Waals surface area (Å²) >= 11 is 0. The Morgan fingerprint density at radius 3 is 2.60 bits per heavy atom. The van der Waals surface area contributed by atoms with Crippen molar-refractivity contribution in [3.63, 3.8) is 0 Å². The average molecular weight is 279 g/mol. The molecule has 0 bridgehead atoms. The molecule has 1 fully saturated rings. The molecule has 1 aliphatic carbocycles. The third kappa shape index (κ3) is 3.25. The van der Waals surface area contributed by atoms with E-state index in [9.17, 15) is 5.11 Å². The molecule has 3 N–H and O–H groups in total. The average Bonchev–Trinajstić information content (AvgIpc) is 2.41. The largest absolute Gasteiger partial charge is 0.490 e. The fourth-order valence-corrected chi connectivity index (χ4v) is 2.90. The van der Waals surface area contributed by atoms with Crippen LogP contribution < -0.4 is 15.2 Å². The van der Waals surface area contributed by atoms with E-state index in [1.807, 2.05) is 32.0 Å². The summed E-state index contributed by atoms with van der Waals surface area (Å²) in [4.78, 5) is 0. The number of benzene rings is 1. The van der Waals surface area contributed by atoms with Crippen molar-refractivity contribution in [2.45, 2.75) is 51.2 Å². The molecule has 2 atom stereocenters.